The van der Waals surface area contributed by atoms with Crippen LogP contribution < -0.4 is 10.1 Å². The molecule has 4 aliphatic heterocycles. The SMILES string of the molecule is O=C1CCC(N2Cc3cc(C4CCN(Cc5cc6c(cn5)OCCC6)CC4)c(F)cc3C2=O)C(=O)N1. The van der Waals surface area contributed by atoms with E-state index in [0.29, 0.717) is 17.5 Å². The lowest BCUT2D eigenvalue weighted by atomic mass is 9.87. The van der Waals surface area contributed by atoms with E-state index in [1.165, 1.54) is 16.5 Å². The molecule has 6 rings (SSSR count). The zero-order valence-electron chi connectivity index (χ0n) is 20.1. The first-order valence-corrected chi connectivity index (χ1v) is 12.8. The quantitative estimate of drug-likeness (QED) is 0.660. The van der Waals surface area contributed by atoms with Crippen LogP contribution in [0.3, 0.4) is 0 Å². The third kappa shape index (κ3) is 4.25. The summed E-state index contributed by atoms with van der Waals surface area (Å²) >= 11 is 0. The van der Waals surface area contributed by atoms with Gasteiger partial charge < -0.3 is 9.64 Å². The summed E-state index contributed by atoms with van der Waals surface area (Å²) in [6, 6.07) is 4.61. The highest BCUT2D eigenvalue weighted by atomic mass is 19.1. The number of aryl methyl sites for hydroxylation is 1. The van der Waals surface area contributed by atoms with Gasteiger partial charge in [-0.05, 0) is 79.9 Å². The van der Waals surface area contributed by atoms with E-state index < -0.39 is 11.9 Å². The molecule has 0 spiro atoms. The summed E-state index contributed by atoms with van der Waals surface area (Å²) in [7, 11) is 0. The molecular weight excluding hydrogens is 463 g/mol. The van der Waals surface area contributed by atoms with Crippen LogP contribution in [-0.2, 0) is 29.1 Å². The van der Waals surface area contributed by atoms with Gasteiger partial charge in [0.15, 0.2) is 0 Å². The summed E-state index contributed by atoms with van der Waals surface area (Å²) in [6.07, 6.45) is 6.03. The smallest absolute Gasteiger partial charge is 0.255 e. The van der Waals surface area contributed by atoms with Crippen molar-refractivity contribution in [3.63, 3.8) is 0 Å². The summed E-state index contributed by atoms with van der Waals surface area (Å²) < 4.78 is 20.8. The molecule has 188 valence electrons. The molecule has 8 nitrogen and oxygen atoms in total. The van der Waals surface area contributed by atoms with E-state index in [9.17, 15) is 14.4 Å². The molecule has 2 saturated heterocycles. The first-order valence-electron chi connectivity index (χ1n) is 12.8. The Kier molecular flexibility index (Phi) is 5.95. The number of ether oxygens (including phenoxy) is 1. The number of rotatable bonds is 4. The number of benzene rings is 1. The molecular formula is C27H29FN4O4. The van der Waals surface area contributed by atoms with Crippen molar-refractivity contribution in [1.29, 1.82) is 0 Å². The average Bonchev–Trinajstić information content (AvgIpc) is 3.19. The molecule has 4 aliphatic rings. The Bertz CT molecular complexity index is 1240. The minimum atomic E-state index is -0.693. The number of hydrogen-bond donors (Lipinski definition) is 1. The fourth-order valence-corrected chi connectivity index (χ4v) is 5.94. The number of piperidine rings is 2. The number of likely N-dealkylation sites (tertiary alicyclic amines) is 1. The number of hydrogen-bond acceptors (Lipinski definition) is 6. The number of nitrogens with zero attached hydrogens (tertiary/aromatic N) is 3. The van der Waals surface area contributed by atoms with Crippen LogP contribution in [0.4, 0.5) is 4.39 Å². The van der Waals surface area contributed by atoms with Crippen LogP contribution in [0.15, 0.2) is 24.4 Å². The van der Waals surface area contributed by atoms with Gasteiger partial charge in [-0.3, -0.25) is 29.6 Å². The summed E-state index contributed by atoms with van der Waals surface area (Å²) in [5.41, 5.74) is 3.98. The van der Waals surface area contributed by atoms with Gasteiger partial charge in [0.05, 0.1) is 18.5 Å². The Hall–Kier alpha value is -3.33. The number of fused-ring (bicyclic) bond motifs is 2. The second-order valence-corrected chi connectivity index (χ2v) is 10.2. The topological polar surface area (TPSA) is 91.8 Å². The normalized spacial score (nSPS) is 22.8. The molecule has 1 N–H and O–H groups in total. The molecule has 0 saturated carbocycles. The second-order valence-electron chi connectivity index (χ2n) is 10.2. The van der Waals surface area contributed by atoms with Gasteiger partial charge in [-0.15, -0.1) is 0 Å². The molecule has 2 fully saturated rings. The van der Waals surface area contributed by atoms with Crippen LogP contribution in [0, 0.1) is 5.82 Å². The van der Waals surface area contributed by atoms with Gasteiger partial charge in [-0.25, -0.2) is 4.39 Å². The molecule has 1 aromatic carbocycles. The Morgan fingerprint density at radius 2 is 1.89 bits per heavy atom. The second kappa shape index (κ2) is 9.28. The number of carbonyl (C=O) groups excluding carboxylic acids is 3. The van der Waals surface area contributed by atoms with Crippen molar-refractivity contribution in [2.45, 2.75) is 63.6 Å². The lowest BCUT2D eigenvalue weighted by Gasteiger charge is -2.32. The fourth-order valence-electron chi connectivity index (χ4n) is 5.94. The van der Waals surface area contributed by atoms with E-state index in [2.05, 4.69) is 21.3 Å². The van der Waals surface area contributed by atoms with Gasteiger partial charge in [0, 0.05) is 25.1 Å². The van der Waals surface area contributed by atoms with E-state index >= 15 is 4.39 Å². The third-order valence-electron chi connectivity index (χ3n) is 7.91. The third-order valence-corrected chi connectivity index (χ3v) is 7.91. The number of aromatic nitrogens is 1. The van der Waals surface area contributed by atoms with E-state index in [4.69, 9.17) is 4.74 Å². The van der Waals surface area contributed by atoms with Crippen molar-refractivity contribution in [2.24, 2.45) is 0 Å². The standard InChI is InChI=1S/C27H29FN4O4/c28-22-12-21-18(14-32(27(21)35)23-3-4-25(33)30-26(23)34)11-20(22)16-5-7-31(8-6-16)15-19-10-17-2-1-9-36-24(17)13-29-19/h10-13,16,23H,1-9,14-15H2,(H,30,33,34). The Labute approximate surface area is 208 Å². The molecule has 3 amide bonds. The zero-order valence-corrected chi connectivity index (χ0v) is 20.1. The van der Waals surface area contributed by atoms with Gasteiger partial charge in [-0.2, -0.15) is 0 Å². The van der Waals surface area contributed by atoms with Gasteiger partial charge in [0.2, 0.25) is 11.8 Å². The maximum Gasteiger partial charge on any atom is 0.255 e. The summed E-state index contributed by atoms with van der Waals surface area (Å²) in [5, 5.41) is 2.30. The first kappa shape index (κ1) is 23.1. The Balaban J connectivity index is 1.11. The highest BCUT2D eigenvalue weighted by Gasteiger charge is 2.40. The van der Waals surface area contributed by atoms with E-state index in [0.717, 1.165) is 68.9 Å². The van der Waals surface area contributed by atoms with Gasteiger partial charge in [-0.1, -0.05) is 6.07 Å². The van der Waals surface area contributed by atoms with Crippen molar-refractivity contribution in [2.75, 3.05) is 19.7 Å². The molecule has 1 atom stereocenters. The van der Waals surface area contributed by atoms with E-state index in [-0.39, 0.29) is 36.5 Å². The molecule has 0 bridgehead atoms. The summed E-state index contributed by atoms with van der Waals surface area (Å²) in [4.78, 5) is 45.1. The summed E-state index contributed by atoms with van der Waals surface area (Å²) in [5.74, 6) is -0.510. The minimum absolute atomic E-state index is 0.0798. The number of amides is 3. The summed E-state index contributed by atoms with van der Waals surface area (Å²) in [6.45, 7) is 3.47. The molecule has 1 unspecified atom stereocenters. The number of nitrogens with one attached hydrogen (secondary N) is 1. The predicted octanol–water partition coefficient (Wildman–Crippen LogP) is 2.69. The van der Waals surface area contributed by atoms with Gasteiger partial charge in [0.25, 0.3) is 5.91 Å². The maximum absolute atomic E-state index is 15.2. The molecule has 0 aliphatic carbocycles. The van der Waals surface area contributed by atoms with Crippen molar-refractivity contribution < 1.29 is 23.5 Å². The van der Waals surface area contributed by atoms with Crippen LogP contribution >= 0.6 is 0 Å². The highest BCUT2D eigenvalue weighted by Crippen LogP contribution is 2.36. The van der Waals surface area contributed by atoms with Crippen LogP contribution in [0.25, 0.3) is 0 Å². The molecule has 5 heterocycles. The fraction of sp³-hybridized carbons (Fsp3) is 0.481. The number of carbonyl (C=O) groups is 3. The number of imide groups is 1. The van der Waals surface area contributed by atoms with Gasteiger partial charge in [0.1, 0.15) is 17.6 Å². The van der Waals surface area contributed by atoms with Crippen LogP contribution in [0.1, 0.15) is 70.8 Å². The molecule has 0 radical (unpaired) electrons. The zero-order chi connectivity index (χ0) is 24.8. The maximum atomic E-state index is 15.2. The van der Waals surface area contributed by atoms with Crippen LogP contribution in [-0.4, -0.2) is 58.2 Å². The Morgan fingerprint density at radius 1 is 1.06 bits per heavy atom. The highest BCUT2D eigenvalue weighted by molar-refractivity contribution is 6.05. The lowest BCUT2D eigenvalue weighted by molar-refractivity contribution is -0.136. The number of pyridine rings is 1. The van der Waals surface area contributed by atoms with E-state index in [1.54, 1.807) is 0 Å². The van der Waals surface area contributed by atoms with Crippen LogP contribution in [0.5, 0.6) is 5.75 Å². The van der Waals surface area contributed by atoms with Crippen molar-refractivity contribution in [3.8, 4) is 5.75 Å². The van der Waals surface area contributed by atoms with Gasteiger partial charge >= 0.3 is 0 Å². The first-order chi connectivity index (χ1) is 17.5. The average molecular weight is 493 g/mol. The predicted molar refractivity (Wildman–Crippen MR) is 128 cm³/mol. The van der Waals surface area contributed by atoms with E-state index in [1.807, 2.05) is 12.3 Å². The molecule has 2 aromatic rings. The lowest BCUT2D eigenvalue weighted by Crippen LogP contribution is -2.52. The largest absolute Gasteiger partial charge is 0.492 e. The molecule has 9 heteroatoms. The number of halogens is 1. The van der Waals surface area contributed by atoms with Crippen molar-refractivity contribution in [3.05, 3.63) is 58.2 Å². The van der Waals surface area contributed by atoms with Crippen LogP contribution in [0.2, 0.25) is 0 Å². The van der Waals surface area contributed by atoms with Crippen molar-refractivity contribution in [1.82, 2.24) is 20.1 Å². The Morgan fingerprint density at radius 3 is 2.69 bits per heavy atom. The molecule has 1 aromatic heterocycles. The minimum Gasteiger partial charge on any atom is -0.492 e. The monoisotopic (exact) mass is 492 g/mol. The molecule has 36 heavy (non-hydrogen) atoms. The van der Waals surface area contributed by atoms with Crippen molar-refractivity contribution >= 4 is 17.7 Å².